The number of aromatic nitrogens is 5. The summed E-state index contributed by atoms with van der Waals surface area (Å²) >= 11 is 1.33. The lowest BCUT2D eigenvalue weighted by Gasteiger charge is -2.07. The van der Waals surface area contributed by atoms with Crippen LogP contribution in [0.4, 0.5) is 5.13 Å². The lowest BCUT2D eigenvalue weighted by molar-refractivity contribution is -0.116. The van der Waals surface area contributed by atoms with Crippen LogP contribution in [0.5, 0.6) is 0 Å². The van der Waals surface area contributed by atoms with Crippen LogP contribution in [0.3, 0.4) is 0 Å². The van der Waals surface area contributed by atoms with Gasteiger partial charge in [-0.3, -0.25) is 19.5 Å². The lowest BCUT2D eigenvalue weighted by atomic mass is 10.1. The van der Waals surface area contributed by atoms with E-state index in [1.165, 1.54) is 16.0 Å². The number of fused-ring (bicyclic) bond motifs is 1. The second-order valence-corrected chi connectivity index (χ2v) is 8.67. The number of nitrogens with zero attached hydrogens (tertiary/aromatic N) is 4. The molecular weight excluding hydrogens is 452 g/mol. The Balaban J connectivity index is 1.38. The fourth-order valence-corrected chi connectivity index (χ4v) is 4.74. The molecule has 0 spiro atoms. The predicted octanol–water partition coefficient (Wildman–Crippen LogP) is 3.24. The lowest BCUT2D eigenvalue weighted by Crippen LogP contribution is -2.31. The van der Waals surface area contributed by atoms with Crippen molar-refractivity contribution in [3.63, 3.8) is 0 Å². The van der Waals surface area contributed by atoms with Crippen LogP contribution in [0.2, 0.25) is 0 Å². The zero-order valence-electron chi connectivity index (χ0n) is 18.2. The molecule has 0 saturated carbocycles. The van der Waals surface area contributed by atoms with Gasteiger partial charge in [0.05, 0.1) is 27.9 Å². The third-order valence-corrected chi connectivity index (χ3v) is 6.36. The SMILES string of the molecule is Cn1ccnc1-c1sc(NC(=O)CCn2[nH]c(=O)c3ccccc3c2=O)nc1-c1ccccc1. The molecule has 170 valence electrons. The Morgan fingerprint density at radius 2 is 1.79 bits per heavy atom. The highest BCUT2D eigenvalue weighted by Crippen LogP contribution is 2.38. The van der Waals surface area contributed by atoms with Gasteiger partial charge in [-0.2, -0.15) is 0 Å². The average Bonchev–Trinajstić information content (AvgIpc) is 3.46. The van der Waals surface area contributed by atoms with Gasteiger partial charge >= 0.3 is 0 Å². The van der Waals surface area contributed by atoms with Gasteiger partial charge in [-0.05, 0) is 12.1 Å². The van der Waals surface area contributed by atoms with Crippen LogP contribution in [0, 0.1) is 0 Å². The van der Waals surface area contributed by atoms with Crippen molar-refractivity contribution in [2.45, 2.75) is 13.0 Å². The summed E-state index contributed by atoms with van der Waals surface area (Å²) in [7, 11) is 1.90. The summed E-state index contributed by atoms with van der Waals surface area (Å²) in [6.45, 7) is 0.0356. The molecule has 1 amide bonds. The molecule has 9 nitrogen and oxygen atoms in total. The Bertz CT molecular complexity index is 1610. The monoisotopic (exact) mass is 472 g/mol. The Hall–Kier alpha value is -4.31. The summed E-state index contributed by atoms with van der Waals surface area (Å²) in [6.07, 6.45) is 3.56. The van der Waals surface area contributed by atoms with Gasteiger partial charge in [0.1, 0.15) is 0 Å². The maximum atomic E-state index is 12.7. The summed E-state index contributed by atoms with van der Waals surface area (Å²) in [5, 5.41) is 6.44. The molecule has 5 aromatic rings. The van der Waals surface area contributed by atoms with Crippen molar-refractivity contribution in [1.82, 2.24) is 24.3 Å². The van der Waals surface area contributed by atoms with Crippen LogP contribution < -0.4 is 16.4 Å². The predicted molar refractivity (Wildman–Crippen MR) is 132 cm³/mol. The molecular formula is C24H20N6O3S. The van der Waals surface area contributed by atoms with E-state index >= 15 is 0 Å². The van der Waals surface area contributed by atoms with Gasteiger partial charge in [-0.1, -0.05) is 53.8 Å². The first kappa shape index (κ1) is 21.5. The van der Waals surface area contributed by atoms with Gasteiger partial charge in [-0.15, -0.1) is 0 Å². The molecule has 3 heterocycles. The van der Waals surface area contributed by atoms with Crippen molar-refractivity contribution in [2.75, 3.05) is 5.32 Å². The fraction of sp³-hybridized carbons (Fsp3) is 0.125. The molecule has 0 saturated heterocycles. The normalized spacial score (nSPS) is 11.1. The largest absolute Gasteiger partial charge is 0.333 e. The van der Waals surface area contributed by atoms with E-state index in [1.807, 2.05) is 48.1 Å². The summed E-state index contributed by atoms with van der Waals surface area (Å²) in [5.41, 5.74) is 0.922. The Morgan fingerprint density at radius 1 is 1.06 bits per heavy atom. The number of H-pyrrole nitrogens is 1. The number of imidazole rings is 1. The minimum absolute atomic E-state index is 0.00776. The quantitative estimate of drug-likeness (QED) is 0.394. The van der Waals surface area contributed by atoms with E-state index in [2.05, 4.69) is 20.4 Å². The number of benzene rings is 2. The Labute approximate surface area is 197 Å². The second kappa shape index (κ2) is 8.91. The maximum absolute atomic E-state index is 12.7. The highest BCUT2D eigenvalue weighted by molar-refractivity contribution is 7.19. The number of thiazole rings is 1. The van der Waals surface area contributed by atoms with Gasteiger partial charge < -0.3 is 9.88 Å². The molecule has 0 aliphatic rings. The van der Waals surface area contributed by atoms with Crippen molar-refractivity contribution in [3.05, 3.63) is 87.7 Å². The van der Waals surface area contributed by atoms with E-state index in [4.69, 9.17) is 0 Å². The molecule has 0 aliphatic heterocycles. The molecule has 0 aliphatic carbocycles. The van der Waals surface area contributed by atoms with E-state index in [9.17, 15) is 14.4 Å². The van der Waals surface area contributed by atoms with E-state index < -0.39 is 0 Å². The van der Waals surface area contributed by atoms with Crippen LogP contribution >= 0.6 is 11.3 Å². The number of carbonyl (C=O) groups excluding carboxylic acids is 1. The number of carbonyl (C=O) groups is 1. The van der Waals surface area contributed by atoms with Gasteiger partial charge in [0.15, 0.2) is 11.0 Å². The van der Waals surface area contributed by atoms with Gasteiger partial charge in [0, 0.05) is 31.4 Å². The first-order chi connectivity index (χ1) is 16.5. The third-order valence-electron chi connectivity index (χ3n) is 5.39. The Morgan fingerprint density at radius 3 is 2.53 bits per heavy atom. The first-order valence-corrected chi connectivity index (χ1v) is 11.4. The smallest absolute Gasteiger partial charge is 0.273 e. The van der Waals surface area contributed by atoms with Crippen LogP contribution in [0.25, 0.3) is 32.7 Å². The van der Waals surface area contributed by atoms with Gasteiger partial charge in [-0.25, -0.2) is 14.6 Å². The molecule has 3 aromatic heterocycles. The van der Waals surface area contributed by atoms with E-state index in [1.54, 1.807) is 30.5 Å². The summed E-state index contributed by atoms with van der Waals surface area (Å²) in [4.78, 5) is 47.5. The molecule has 2 aromatic carbocycles. The van der Waals surface area contributed by atoms with Crippen molar-refractivity contribution >= 4 is 33.1 Å². The number of anilines is 1. The van der Waals surface area contributed by atoms with Crippen LogP contribution in [0.15, 0.2) is 76.6 Å². The number of aromatic amines is 1. The van der Waals surface area contributed by atoms with Crippen LogP contribution in [0.1, 0.15) is 6.42 Å². The zero-order chi connectivity index (χ0) is 23.7. The highest BCUT2D eigenvalue weighted by atomic mass is 32.1. The number of nitrogens with one attached hydrogen (secondary N) is 2. The van der Waals surface area contributed by atoms with E-state index in [0.717, 1.165) is 22.0 Å². The molecule has 34 heavy (non-hydrogen) atoms. The fourth-order valence-electron chi connectivity index (χ4n) is 3.70. The van der Waals surface area contributed by atoms with Crippen molar-refractivity contribution < 1.29 is 4.79 Å². The molecule has 10 heteroatoms. The van der Waals surface area contributed by atoms with Gasteiger partial charge in [0.25, 0.3) is 11.1 Å². The topological polar surface area (TPSA) is 115 Å². The van der Waals surface area contributed by atoms with Crippen molar-refractivity contribution in [2.24, 2.45) is 7.05 Å². The second-order valence-electron chi connectivity index (χ2n) is 7.67. The average molecular weight is 473 g/mol. The minimum Gasteiger partial charge on any atom is -0.333 e. The molecule has 0 fully saturated rings. The molecule has 0 atom stereocenters. The number of rotatable bonds is 6. The highest BCUT2D eigenvalue weighted by Gasteiger charge is 2.19. The van der Waals surface area contributed by atoms with Crippen LogP contribution in [-0.2, 0) is 18.4 Å². The number of amides is 1. The number of aryl methyl sites for hydroxylation is 2. The number of hydrogen-bond donors (Lipinski definition) is 2. The van der Waals surface area contributed by atoms with Crippen molar-refractivity contribution in [1.29, 1.82) is 0 Å². The summed E-state index contributed by atoms with van der Waals surface area (Å²) in [6, 6.07) is 16.3. The third kappa shape index (κ3) is 4.06. The molecule has 0 radical (unpaired) electrons. The molecule has 5 rings (SSSR count). The first-order valence-electron chi connectivity index (χ1n) is 10.6. The maximum Gasteiger partial charge on any atom is 0.273 e. The zero-order valence-corrected chi connectivity index (χ0v) is 19.0. The number of hydrogen-bond acceptors (Lipinski definition) is 6. The van der Waals surface area contributed by atoms with Gasteiger partial charge in [0.2, 0.25) is 5.91 Å². The molecule has 0 unspecified atom stereocenters. The van der Waals surface area contributed by atoms with E-state index in [0.29, 0.717) is 15.9 Å². The summed E-state index contributed by atoms with van der Waals surface area (Å²) in [5.74, 6) is 0.429. The minimum atomic E-state index is -0.372. The Kier molecular flexibility index (Phi) is 5.64. The standard InChI is InChI=1S/C24H20N6O3S/c1-29-14-12-25-21(29)20-19(15-7-3-2-4-8-15)27-24(34-20)26-18(31)11-13-30-23(33)17-10-6-5-9-16(17)22(32)28-30/h2-10,12,14H,11,13H2,1H3,(H,28,32)(H,26,27,31). The van der Waals surface area contributed by atoms with Crippen LogP contribution in [-0.4, -0.2) is 30.2 Å². The van der Waals surface area contributed by atoms with E-state index in [-0.39, 0.29) is 30.0 Å². The molecule has 0 bridgehead atoms. The van der Waals surface area contributed by atoms with Crippen molar-refractivity contribution in [3.8, 4) is 22.0 Å². The summed E-state index contributed by atoms with van der Waals surface area (Å²) < 4.78 is 3.06. The molecule has 2 N–H and O–H groups in total.